The monoisotopic (exact) mass is 366 g/mol. The number of carbonyl (C=O) groups is 2. The highest BCUT2D eigenvalue weighted by atomic mass is 79.9. The summed E-state index contributed by atoms with van der Waals surface area (Å²) in [7, 11) is 0. The Morgan fingerprint density at radius 1 is 0.909 bits per heavy atom. The molecular formula is C15H19BrN4O2. The number of nitrogens with zero attached hydrogens (tertiary/aromatic N) is 4. The molecule has 118 valence electrons. The van der Waals surface area contributed by atoms with E-state index in [0.717, 1.165) is 36.1 Å². The third-order valence-corrected chi connectivity index (χ3v) is 4.63. The summed E-state index contributed by atoms with van der Waals surface area (Å²) in [5.74, 6) is -0.691. The molecule has 0 N–H and O–H groups in total. The van der Waals surface area contributed by atoms with Gasteiger partial charge in [-0.3, -0.25) is 14.6 Å². The van der Waals surface area contributed by atoms with E-state index in [4.69, 9.17) is 0 Å². The third kappa shape index (κ3) is 3.24. The SMILES string of the molecule is O=C(C(=O)N1CCN(c2cncc(Br)c2)CC1)N1CCCC1. The highest BCUT2D eigenvalue weighted by molar-refractivity contribution is 9.10. The highest BCUT2D eigenvalue weighted by Crippen LogP contribution is 2.20. The smallest absolute Gasteiger partial charge is 0.312 e. The molecule has 2 aliphatic heterocycles. The van der Waals surface area contributed by atoms with Crippen LogP contribution < -0.4 is 4.90 Å². The number of likely N-dealkylation sites (tertiary alicyclic amines) is 1. The molecule has 6 nitrogen and oxygen atoms in total. The number of anilines is 1. The average molecular weight is 367 g/mol. The standard InChI is InChI=1S/C15H19BrN4O2/c16-12-9-13(11-17-10-12)18-5-7-20(8-6-18)15(22)14(21)19-3-1-2-4-19/h9-11H,1-8H2. The quantitative estimate of drug-likeness (QED) is 0.698. The Labute approximate surface area is 138 Å². The Balaban J connectivity index is 1.57. The molecule has 1 aromatic heterocycles. The van der Waals surface area contributed by atoms with Crippen LogP contribution >= 0.6 is 15.9 Å². The van der Waals surface area contributed by atoms with Crippen LogP contribution in [0, 0.1) is 0 Å². The molecule has 3 rings (SSSR count). The molecule has 0 saturated carbocycles. The number of hydrogen-bond donors (Lipinski definition) is 0. The van der Waals surface area contributed by atoms with Crippen LogP contribution in [-0.2, 0) is 9.59 Å². The molecule has 0 aliphatic carbocycles. The Morgan fingerprint density at radius 2 is 1.50 bits per heavy atom. The molecule has 0 aromatic carbocycles. The molecule has 2 aliphatic rings. The lowest BCUT2D eigenvalue weighted by atomic mass is 10.2. The molecule has 0 atom stereocenters. The van der Waals surface area contributed by atoms with Crippen LogP contribution in [0.15, 0.2) is 22.9 Å². The van der Waals surface area contributed by atoms with E-state index < -0.39 is 0 Å². The van der Waals surface area contributed by atoms with Crippen molar-refractivity contribution in [3.8, 4) is 0 Å². The van der Waals surface area contributed by atoms with Gasteiger partial charge in [-0.05, 0) is 34.8 Å². The first-order valence-electron chi connectivity index (χ1n) is 7.59. The Kier molecular flexibility index (Phi) is 4.61. The summed E-state index contributed by atoms with van der Waals surface area (Å²) in [6, 6.07) is 2.01. The molecule has 0 bridgehead atoms. The van der Waals surface area contributed by atoms with Crippen LogP contribution in [0.2, 0.25) is 0 Å². The van der Waals surface area contributed by atoms with Gasteiger partial charge in [-0.1, -0.05) is 0 Å². The van der Waals surface area contributed by atoms with E-state index in [2.05, 4.69) is 25.8 Å². The van der Waals surface area contributed by atoms with Gasteiger partial charge >= 0.3 is 11.8 Å². The van der Waals surface area contributed by atoms with Gasteiger partial charge in [0.1, 0.15) is 0 Å². The van der Waals surface area contributed by atoms with Crippen molar-refractivity contribution in [2.24, 2.45) is 0 Å². The van der Waals surface area contributed by atoms with Gasteiger partial charge in [0.05, 0.1) is 11.9 Å². The third-order valence-electron chi connectivity index (χ3n) is 4.20. The van der Waals surface area contributed by atoms with Crippen molar-refractivity contribution >= 4 is 33.4 Å². The van der Waals surface area contributed by atoms with E-state index >= 15 is 0 Å². The maximum absolute atomic E-state index is 12.3. The second kappa shape index (κ2) is 6.64. The van der Waals surface area contributed by atoms with Crippen molar-refractivity contribution in [3.63, 3.8) is 0 Å². The van der Waals surface area contributed by atoms with Crippen molar-refractivity contribution in [3.05, 3.63) is 22.9 Å². The van der Waals surface area contributed by atoms with E-state index in [-0.39, 0.29) is 11.8 Å². The number of piperazine rings is 1. The van der Waals surface area contributed by atoms with Gasteiger partial charge in [-0.25, -0.2) is 0 Å². The fraction of sp³-hybridized carbons (Fsp3) is 0.533. The summed E-state index contributed by atoms with van der Waals surface area (Å²) in [5, 5.41) is 0. The Morgan fingerprint density at radius 3 is 2.09 bits per heavy atom. The van der Waals surface area contributed by atoms with Crippen molar-refractivity contribution in [1.29, 1.82) is 0 Å². The van der Waals surface area contributed by atoms with E-state index in [1.54, 1.807) is 16.0 Å². The summed E-state index contributed by atoms with van der Waals surface area (Å²) in [6.07, 6.45) is 5.57. The normalized spacial score (nSPS) is 18.7. The number of amides is 2. The first kappa shape index (κ1) is 15.3. The second-order valence-corrected chi connectivity index (χ2v) is 6.56. The highest BCUT2D eigenvalue weighted by Gasteiger charge is 2.30. The maximum atomic E-state index is 12.3. The lowest BCUT2D eigenvalue weighted by Crippen LogP contribution is -2.53. The zero-order valence-corrected chi connectivity index (χ0v) is 14.0. The first-order valence-corrected chi connectivity index (χ1v) is 8.38. The molecule has 3 heterocycles. The van der Waals surface area contributed by atoms with Gasteiger partial charge < -0.3 is 14.7 Å². The van der Waals surface area contributed by atoms with Gasteiger partial charge in [0.15, 0.2) is 0 Å². The molecule has 2 saturated heterocycles. The number of carbonyl (C=O) groups excluding carboxylic acids is 2. The van der Waals surface area contributed by atoms with Crippen LogP contribution in [0.5, 0.6) is 0 Å². The van der Waals surface area contributed by atoms with Gasteiger partial charge in [0, 0.05) is 49.9 Å². The lowest BCUT2D eigenvalue weighted by Gasteiger charge is -2.36. The topological polar surface area (TPSA) is 56.8 Å². The van der Waals surface area contributed by atoms with Crippen LogP contribution in [-0.4, -0.2) is 65.9 Å². The van der Waals surface area contributed by atoms with Crippen molar-refractivity contribution in [2.45, 2.75) is 12.8 Å². The van der Waals surface area contributed by atoms with E-state index in [1.807, 2.05) is 12.3 Å². The minimum absolute atomic E-state index is 0.338. The van der Waals surface area contributed by atoms with E-state index in [0.29, 0.717) is 26.2 Å². The number of hydrogen-bond acceptors (Lipinski definition) is 4. The summed E-state index contributed by atoms with van der Waals surface area (Å²) in [5.41, 5.74) is 1.03. The molecular weight excluding hydrogens is 348 g/mol. The minimum Gasteiger partial charge on any atom is -0.367 e. The number of pyridine rings is 1. The van der Waals surface area contributed by atoms with Crippen LogP contribution in [0.25, 0.3) is 0 Å². The lowest BCUT2D eigenvalue weighted by molar-refractivity contribution is -0.151. The number of rotatable bonds is 1. The van der Waals surface area contributed by atoms with Gasteiger partial charge in [0.25, 0.3) is 0 Å². The summed E-state index contributed by atoms with van der Waals surface area (Å²) in [4.78, 5) is 34.1. The summed E-state index contributed by atoms with van der Waals surface area (Å²) < 4.78 is 0.938. The van der Waals surface area contributed by atoms with E-state index in [9.17, 15) is 9.59 Å². The van der Waals surface area contributed by atoms with Gasteiger partial charge in [0.2, 0.25) is 0 Å². The largest absolute Gasteiger partial charge is 0.367 e. The second-order valence-electron chi connectivity index (χ2n) is 5.64. The van der Waals surface area contributed by atoms with Crippen LogP contribution in [0.3, 0.4) is 0 Å². The zero-order valence-electron chi connectivity index (χ0n) is 12.4. The number of halogens is 1. The van der Waals surface area contributed by atoms with Crippen LogP contribution in [0.4, 0.5) is 5.69 Å². The molecule has 0 radical (unpaired) electrons. The predicted octanol–water partition coefficient (Wildman–Crippen LogP) is 1.12. The van der Waals surface area contributed by atoms with E-state index in [1.165, 1.54) is 0 Å². The van der Waals surface area contributed by atoms with Crippen LogP contribution in [0.1, 0.15) is 12.8 Å². The maximum Gasteiger partial charge on any atom is 0.312 e. The Bertz CT molecular complexity index is 566. The molecule has 0 unspecified atom stereocenters. The summed E-state index contributed by atoms with van der Waals surface area (Å²) in [6.45, 7) is 4.02. The first-order chi connectivity index (χ1) is 10.6. The van der Waals surface area contributed by atoms with Gasteiger partial charge in [-0.2, -0.15) is 0 Å². The van der Waals surface area contributed by atoms with Crippen molar-refractivity contribution in [1.82, 2.24) is 14.8 Å². The Hall–Kier alpha value is -1.63. The fourth-order valence-corrected chi connectivity index (χ4v) is 3.28. The molecule has 7 heteroatoms. The molecule has 2 fully saturated rings. The zero-order chi connectivity index (χ0) is 15.5. The van der Waals surface area contributed by atoms with Crippen molar-refractivity contribution < 1.29 is 9.59 Å². The molecule has 1 aromatic rings. The number of aromatic nitrogens is 1. The fourth-order valence-electron chi connectivity index (χ4n) is 2.93. The minimum atomic E-state index is -0.353. The predicted molar refractivity (Wildman–Crippen MR) is 86.5 cm³/mol. The molecule has 0 spiro atoms. The molecule has 2 amide bonds. The summed E-state index contributed by atoms with van der Waals surface area (Å²) >= 11 is 3.42. The van der Waals surface area contributed by atoms with Gasteiger partial charge in [-0.15, -0.1) is 0 Å². The van der Waals surface area contributed by atoms with Crippen molar-refractivity contribution in [2.75, 3.05) is 44.2 Å². The molecule has 22 heavy (non-hydrogen) atoms. The average Bonchev–Trinajstić information content (AvgIpc) is 3.08.